The summed E-state index contributed by atoms with van der Waals surface area (Å²) in [7, 11) is 1.56. The number of pyridine rings is 1. The first-order chi connectivity index (χ1) is 14.3. The second-order valence-electron chi connectivity index (χ2n) is 7.52. The van der Waals surface area contributed by atoms with Crippen LogP contribution in [0.3, 0.4) is 0 Å². The van der Waals surface area contributed by atoms with Gasteiger partial charge in [0.2, 0.25) is 11.0 Å². The maximum Gasteiger partial charge on any atom is 0.238 e. The Hall–Kier alpha value is -2.29. The predicted molar refractivity (Wildman–Crippen MR) is 122 cm³/mol. The normalized spacial score (nSPS) is 18.2. The summed E-state index contributed by atoms with van der Waals surface area (Å²) in [5.74, 6) is 0.438. The number of aromatic nitrogens is 1. The first kappa shape index (κ1) is 22.4. The summed E-state index contributed by atoms with van der Waals surface area (Å²) in [5, 5.41) is 12.1. The predicted octanol–water partition coefficient (Wildman–Crippen LogP) is 3.17. The van der Waals surface area contributed by atoms with Crippen LogP contribution in [0, 0.1) is 13.8 Å². The minimum atomic E-state index is -0.647. The standard InChI is InChI=1S/C22H30N4O3S/c1-14-6-8-17(9-7-14)25-10-11-26(20(13-25)22(28)30-5)24-19-12-18(16(3)27)15(2)23-21(19)29-4/h6-9,12,16,20,24,27H,10-11,13H2,1-5H3. The van der Waals surface area contributed by atoms with Crippen LogP contribution < -0.4 is 15.1 Å². The van der Waals surface area contributed by atoms with Crippen molar-refractivity contribution in [3.8, 4) is 5.88 Å². The smallest absolute Gasteiger partial charge is 0.238 e. The van der Waals surface area contributed by atoms with E-state index in [-0.39, 0.29) is 11.2 Å². The number of nitrogens with one attached hydrogen (secondary N) is 1. The van der Waals surface area contributed by atoms with Gasteiger partial charge in [0.1, 0.15) is 11.7 Å². The number of benzene rings is 1. The fourth-order valence-corrected chi connectivity index (χ4v) is 4.13. The van der Waals surface area contributed by atoms with E-state index in [4.69, 9.17) is 4.74 Å². The summed E-state index contributed by atoms with van der Waals surface area (Å²) in [6.07, 6.45) is 1.16. The summed E-state index contributed by atoms with van der Waals surface area (Å²) in [6, 6.07) is 9.88. The number of aryl methyl sites for hydroxylation is 2. The highest BCUT2D eigenvalue weighted by molar-refractivity contribution is 8.13. The molecule has 0 saturated carbocycles. The molecule has 2 unspecified atom stereocenters. The van der Waals surface area contributed by atoms with Crippen molar-refractivity contribution >= 4 is 28.3 Å². The van der Waals surface area contributed by atoms with Crippen LogP contribution in [0.2, 0.25) is 0 Å². The van der Waals surface area contributed by atoms with Crippen LogP contribution in [-0.4, -0.2) is 59.3 Å². The highest BCUT2D eigenvalue weighted by Crippen LogP contribution is 2.30. The van der Waals surface area contributed by atoms with Gasteiger partial charge in [0.25, 0.3) is 0 Å². The van der Waals surface area contributed by atoms with E-state index in [1.807, 2.05) is 24.3 Å². The molecular formula is C22H30N4O3S. The van der Waals surface area contributed by atoms with Gasteiger partial charge in [-0.1, -0.05) is 29.5 Å². The maximum atomic E-state index is 12.7. The van der Waals surface area contributed by atoms with Crippen LogP contribution in [0.1, 0.15) is 29.8 Å². The monoisotopic (exact) mass is 430 g/mol. The van der Waals surface area contributed by atoms with Crippen LogP contribution in [0.4, 0.5) is 11.4 Å². The summed E-state index contributed by atoms with van der Waals surface area (Å²) in [4.78, 5) is 19.5. The van der Waals surface area contributed by atoms with Crippen molar-refractivity contribution in [1.29, 1.82) is 0 Å². The molecule has 1 aliphatic rings. The van der Waals surface area contributed by atoms with Crippen molar-refractivity contribution in [2.24, 2.45) is 0 Å². The number of thioether (sulfide) groups is 1. The number of hydrogen-bond acceptors (Lipinski definition) is 8. The topological polar surface area (TPSA) is 77.9 Å². The van der Waals surface area contributed by atoms with E-state index in [9.17, 15) is 9.90 Å². The Morgan fingerprint density at radius 2 is 2.00 bits per heavy atom. The molecule has 0 spiro atoms. The van der Waals surface area contributed by atoms with E-state index >= 15 is 0 Å². The lowest BCUT2D eigenvalue weighted by Gasteiger charge is -2.41. The number of methoxy groups -OCH3 is 1. The zero-order valence-corrected chi connectivity index (χ0v) is 19.0. The minimum absolute atomic E-state index is 0.0918. The summed E-state index contributed by atoms with van der Waals surface area (Å²) < 4.78 is 5.44. The van der Waals surface area contributed by atoms with E-state index in [0.717, 1.165) is 17.8 Å². The second kappa shape index (κ2) is 9.68. The number of hydrogen-bond donors (Lipinski definition) is 2. The fraction of sp³-hybridized carbons (Fsp3) is 0.455. The molecule has 2 heterocycles. The molecule has 0 aliphatic carbocycles. The number of rotatable bonds is 6. The van der Waals surface area contributed by atoms with Gasteiger partial charge in [-0.15, -0.1) is 0 Å². The minimum Gasteiger partial charge on any atom is -0.479 e. The molecule has 8 heteroatoms. The van der Waals surface area contributed by atoms with Crippen molar-refractivity contribution in [3.05, 3.63) is 47.2 Å². The molecule has 1 aromatic heterocycles. The first-order valence-corrected chi connectivity index (χ1v) is 11.2. The molecule has 2 atom stereocenters. The lowest BCUT2D eigenvalue weighted by molar-refractivity contribution is -0.115. The average molecular weight is 431 g/mol. The van der Waals surface area contributed by atoms with Crippen molar-refractivity contribution in [1.82, 2.24) is 9.99 Å². The average Bonchev–Trinajstić information content (AvgIpc) is 2.74. The van der Waals surface area contributed by atoms with E-state index in [2.05, 4.69) is 46.5 Å². The van der Waals surface area contributed by atoms with Crippen LogP contribution in [0.5, 0.6) is 5.88 Å². The molecule has 0 amide bonds. The van der Waals surface area contributed by atoms with E-state index in [1.54, 1.807) is 14.0 Å². The largest absolute Gasteiger partial charge is 0.479 e. The maximum absolute atomic E-state index is 12.7. The molecule has 1 aliphatic heterocycles. The number of anilines is 2. The first-order valence-electron chi connectivity index (χ1n) is 10.0. The Balaban J connectivity index is 1.85. The zero-order valence-electron chi connectivity index (χ0n) is 18.2. The van der Waals surface area contributed by atoms with Crippen molar-refractivity contribution in [2.45, 2.75) is 32.9 Å². The molecule has 162 valence electrons. The highest BCUT2D eigenvalue weighted by atomic mass is 32.2. The van der Waals surface area contributed by atoms with Gasteiger partial charge >= 0.3 is 0 Å². The molecule has 2 N–H and O–H groups in total. The number of carbonyl (C=O) groups excluding carboxylic acids is 1. The third kappa shape index (κ3) is 4.88. The van der Waals surface area contributed by atoms with Crippen molar-refractivity contribution < 1.29 is 14.6 Å². The van der Waals surface area contributed by atoms with Crippen LogP contribution in [0.15, 0.2) is 30.3 Å². The molecule has 7 nitrogen and oxygen atoms in total. The Morgan fingerprint density at radius 3 is 2.60 bits per heavy atom. The SMILES string of the molecule is COc1nc(C)c(C(C)O)cc1NN1CCN(c2ccc(C)cc2)CC1C(=O)SC. The molecule has 1 aromatic carbocycles. The molecule has 0 radical (unpaired) electrons. The van der Waals surface area contributed by atoms with Crippen molar-refractivity contribution in [3.63, 3.8) is 0 Å². The number of aliphatic hydroxyl groups is 1. The van der Waals surface area contributed by atoms with Crippen LogP contribution >= 0.6 is 11.8 Å². The molecule has 1 fully saturated rings. The van der Waals surface area contributed by atoms with Crippen LogP contribution in [-0.2, 0) is 4.79 Å². The molecule has 0 bridgehead atoms. The van der Waals surface area contributed by atoms with E-state index < -0.39 is 6.10 Å². The van der Waals surface area contributed by atoms with Gasteiger partial charge in [-0.3, -0.25) is 4.79 Å². The van der Waals surface area contributed by atoms with Gasteiger partial charge in [-0.05, 0) is 45.2 Å². The lowest BCUT2D eigenvalue weighted by atomic mass is 10.1. The van der Waals surface area contributed by atoms with Gasteiger partial charge in [-0.25, -0.2) is 9.99 Å². The summed E-state index contributed by atoms with van der Waals surface area (Å²) in [6.45, 7) is 7.62. The number of piperazine rings is 1. The number of ether oxygens (including phenoxy) is 1. The third-order valence-corrected chi connectivity index (χ3v) is 6.05. The van der Waals surface area contributed by atoms with Crippen molar-refractivity contribution in [2.75, 3.05) is 43.3 Å². The van der Waals surface area contributed by atoms with Gasteiger partial charge in [0.05, 0.1) is 13.2 Å². The number of carbonyl (C=O) groups is 1. The fourth-order valence-electron chi connectivity index (χ4n) is 3.66. The Bertz CT molecular complexity index is 889. The van der Waals surface area contributed by atoms with E-state index in [0.29, 0.717) is 30.4 Å². The quantitative estimate of drug-likeness (QED) is 0.724. The highest BCUT2D eigenvalue weighted by Gasteiger charge is 2.33. The Labute approximate surface area is 182 Å². The van der Waals surface area contributed by atoms with Gasteiger partial charge < -0.3 is 20.2 Å². The summed E-state index contributed by atoms with van der Waals surface area (Å²) in [5.41, 5.74) is 7.75. The molecule has 30 heavy (non-hydrogen) atoms. The molecule has 3 rings (SSSR count). The third-order valence-electron chi connectivity index (χ3n) is 5.38. The summed E-state index contributed by atoms with van der Waals surface area (Å²) >= 11 is 1.23. The van der Waals surface area contributed by atoms with Crippen LogP contribution in [0.25, 0.3) is 0 Å². The molecular weight excluding hydrogens is 400 g/mol. The van der Waals surface area contributed by atoms with E-state index in [1.165, 1.54) is 17.3 Å². The second-order valence-corrected chi connectivity index (χ2v) is 8.33. The Kier molecular flexibility index (Phi) is 7.23. The molecule has 1 saturated heterocycles. The number of nitrogens with zero attached hydrogens (tertiary/aromatic N) is 3. The number of hydrazine groups is 1. The van der Waals surface area contributed by atoms with Gasteiger partial charge in [0, 0.05) is 36.6 Å². The van der Waals surface area contributed by atoms with Gasteiger partial charge in [-0.2, -0.15) is 0 Å². The lowest BCUT2D eigenvalue weighted by Crippen LogP contribution is -2.58. The Morgan fingerprint density at radius 1 is 1.30 bits per heavy atom. The van der Waals surface area contributed by atoms with Gasteiger partial charge in [0.15, 0.2) is 0 Å². The zero-order chi connectivity index (χ0) is 21.8. The number of aliphatic hydroxyl groups excluding tert-OH is 1. The molecule has 2 aromatic rings.